The first-order valence-corrected chi connectivity index (χ1v) is 7.43. The summed E-state index contributed by atoms with van der Waals surface area (Å²) in [6.45, 7) is 12.5. The summed E-state index contributed by atoms with van der Waals surface area (Å²) in [6, 6.07) is 0. The number of allylic oxidation sites excluding steroid dienone is 4. The molecule has 0 aromatic carbocycles. The van der Waals surface area contributed by atoms with E-state index in [1.165, 1.54) is 18.4 Å². The number of rotatable bonds is 2. The SMILES string of the molecule is CC(C)O.CC(C)O.CC(C)O.CCCC1=[C-]CC=C1.[Ti]. The molecule has 0 aliphatic heterocycles. The van der Waals surface area contributed by atoms with Crippen molar-refractivity contribution in [2.24, 2.45) is 0 Å². The number of aliphatic hydroxyl groups excluding tert-OH is 3. The summed E-state index contributed by atoms with van der Waals surface area (Å²) in [5, 5.41) is 24.2. The van der Waals surface area contributed by atoms with Gasteiger partial charge < -0.3 is 15.3 Å². The number of aliphatic hydroxyl groups is 3. The largest absolute Gasteiger partial charge is 0.394 e. The minimum atomic E-state index is -0.167. The van der Waals surface area contributed by atoms with Crippen LogP contribution < -0.4 is 0 Å². The van der Waals surface area contributed by atoms with E-state index in [0.717, 1.165) is 6.42 Å². The minimum absolute atomic E-state index is 0. The molecule has 0 atom stereocenters. The molecule has 0 spiro atoms. The Morgan fingerprint density at radius 3 is 1.48 bits per heavy atom. The molecule has 1 aliphatic rings. The van der Waals surface area contributed by atoms with E-state index < -0.39 is 0 Å². The Balaban J connectivity index is -0.0000000973. The predicted octanol–water partition coefficient (Wildman–Crippen LogP) is 3.63. The zero-order valence-corrected chi connectivity index (χ0v) is 16.4. The maximum Gasteiger partial charge on any atom is 0.0483 e. The van der Waals surface area contributed by atoms with Crippen molar-refractivity contribution in [1.82, 2.24) is 0 Å². The minimum Gasteiger partial charge on any atom is -0.394 e. The van der Waals surface area contributed by atoms with Gasteiger partial charge in [-0.1, -0.05) is 19.8 Å². The molecule has 0 fully saturated rings. The standard InChI is InChI=1S/C8H11.3C3H8O.Ti/c1-2-5-8-6-3-4-7-8;3*1-3(2)4;/h3,6H,2,4-5H2,1H3;3*3-4H,1-2H3;/q-1;;;;. The van der Waals surface area contributed by atoms with E-state index in [1.807, 2.05) is 0 Å². The molecule has 0 saturated heterocycles. The Hall–Kier alpha value is 0.0743. The Morgan fingerprint density at radius 1 is 0.952 bits per heavy atom. The summed E-state index contributed by atoms with van der Waals surface area (Å²) in [6.07, 6.45) is 10.6. The third-order valence-electron chi connectivity index (χ3n) is 1.29. The first-order valence-electron chi connectivity index (χ1n) is 7.43. The average Bonchev–Trinajstić information content (AvgIpc) is 2.68. The Morgan fingerprint density at radius 2 is 1.29 bits per heavy atom. The fourth-order valence-electron chi connectivity index (χ4n) is 0.891. The van der Waals surface area contributed by atoms with Gasteiger partial charge in [0.2, 0.25) is 0 Å². The normalized spacial score (nSPS) is 11.6. The third kappa shape index (κ3) is 64.6. The van der Waals surface area contributed by atoms with Crippen LogP contribution in [0, 0.1) is 6.08 Å². The molecule has 1 rings (SSSR count). The molecule has 0 heterocycles. The summed E-state index contributed by atoms with van der Waals surface area (Å²) in [7, 11) is 0. The molecule has 0 aromatic rings. The molecule has 21 heavy (non-hydrogen) atoms. The van der Waals surface area contributed by atoms with Crippen molar-refractivity contribution in [2.75, 3.05) is 0 Å². The predicted molar refractivity (Wildman–Crippen MR) is 87.5 cm³/mol. The Labute approximate surface area is 147 Å². The van der Waals surface area contributed by atoms with Crippen LogP contribution in [-0.2, 0) is 21.7 Å². The molecule has 0 aromatic heterocycles. The van der Waals surface area contributed by atoms with Crippen molar-refractivity contribution in [3.05, 3.63) is 23.8 Å². The van der Waals surface area contributed by atoms with Crippen LogP contribution in [0.25, 0.3) is 0 Å². The molecule has 0 bridgehead atoms. The van der Waals surface area contributed by atoms with E-state index >= 15 is 0 Å². The summed E-state index contributed by atoms with van der Waals surface area (Å²) in [4.78, 5) is 0. The van der Waals surface area contributed by atoms with Crippen LogP contribution in [-0.4, -0.2) is 33.6 Å². The van der Waals surface area contributed by atoms with Crippen LogP contribution >= 0.6 is 0 Å². The fraction of sp³-hybridized carbons (Fsp3) is 0.765. The second-order valence-electron chi connectivity index (χ2n) is 5.34. The summed E-state index contributed by atoms with van der Waals surface area (Å²) < 4.78 is 0. The Bertz CT molecular complexity index is 212. The number of hydrogen-bond donors (Lipinski definition) is 3. The summed E-state index contributed by atoms with van der Waals surface area (Å²) in [5.41, 5.74) is 1.40. The second kappa shape index (κ2) is 22.4. The first kappa shape index (κ1) is 29.1. The van der Waals surface area contributed by atoms with E-state index in [0.29, 0.717) is 0 Å². The maximum absolute atomic E-state index is 8.06. The molecule has 4 heteroatoms. The van der Waals surface area contributed by atoms with E-state index in [4.69, 9.17) is 15.3 Å². The molecular weight excluding hydrogens is 300 g/mol. The zero-order valence-electron chi connectivity index (χ0n) is 14.8. The van der Waals surface area contributed by atoms with Crippen LogP contribution in [0.4, 0.5) is 0 Å². The summed E-state index contributed by atoms with van der Waals surface area (Å²) in [5.74, 6) is 0. The molecule has 3 nitrogen and oxygen atoms in total. The molecular formula is C17H35O3Ti-. The summed E-state index contributed by atoms with van der Waals surface area (Å²) >= 11 is 0. The van der Waals surface area contributed by atoms with E-state index in [9.17, 15) is 0 Å². The maximum atomic E-state index is 8.06. The molecule has 126 valence electrons. The van der Waals surface area contributed by atoms with Gasteiger partial charge in [-0.05, 0) is 41.5 Å². The Kier molecular flexibility index (Phi) is 31.0. The smallest absolute Gasteiger partial charge is 0.0483 e. The molecule has 3 N–H and O–H groups in total. The van der Waals surface area contributed by atoms with Crippen LogP contribution in [0.1, 0.15) is 67.7 Å². The quantitative estimate of drug-likeness (QED) is 0.533. The van der Waals surface area contributed by atoms with Gasteiger partial charge in [0.1, 0.15) is 0 Å². The van der Waals surface area contributed by atoms with Gasteiger partial charge in [0, 0.05) is 40.0 Å². The van der Waals surface area contributed by atoms with Gasteiger partial charge in [-0.15, -0.1) is 6.42 Å². The van der Waals surface area contributed by atoms with Crippen LogP contribution in [0.3, 0.4) is 0 Å². The van der Waals surface area contributed by atoms with Crippen molar-refractivity contribution in [3.8, 4) is 0 Å². The first-order chi connectivity index (χ1) is 9.13. The second-order valence-corrected chi connectivity index (χ2v) is 5.34. The van der Waals surface area contributed by atoms with Gasteiger partial charge >= 0.3 is 0 Å². The van der Waals surface area contributed by atoms with E-state index in [-0.39, 0.29) is 40.0 Å². The fourth-order valence-corrected chi connectivity index (χ4v) is 0.891. The van der Waals surface area contributed by atoms with Gasteiger partial charge in [-0.2, -0.15) is 6.08 Å². The average molecular weight is 335 g/mol. The van der Waals surface area contributed by atoms with Gasteiger partial charge in [-0.3, -0.25) is 6.08 Å². The molecule has 0 radical (unpaired) electrons. The number of hydrogen-bond acceptors (Lipinski definition) is 3. The van der Waals surface area contributed by atoms with E-state index in [1.54, 1.807) is 41.5 Å². The third-order valence-corrected chi connectivity index (χ3v) is 1.29. The van der Waals surface area contributed by atoms with Gasteiger partial charge in [0.05, 0.1) is 0 Å². The zero-order chi connectivity index (χ0) is 16.6. The van der Waals surface area contributed by atoms with Crippen molar-refractivity contribution >= 4 is 0 Å². The van der Waals surface area contributed by atoms with Crippen LogP contribution in [0.15, 0.2) is 17.7 Å². The van der Waals surface area contributed by atoms with Crippen molar-refractivity contribution in [2.45, 2.75) is 86.0 Å². The monoisotopic (exact) mass is 335 g/mol. The molecule has 0 unspecified atom stereocenters. The molecule has 0 amide bonds. The van der Waals surface area contributed by atoms with Crippen molar-refractivity contribution in [1.29, 1.82) is 0 Å². The van der Waals surface area contributed by atoms with Crippen LogP contribution in [0.5, 0.6) is 0 Å². The van der Waals surface area contributed by atoms with Gasteiger partial charge in [-0.25, -0.2) is 11.6 Å². The molecule has 1 aliphatic carbocycles. The topological polar surface area (TPSA) is 60.7 Å². The van der Waals surface area contributed by atoms with Crippen molar-refractivity contribution in [3.63, 3.8) is 0 Å². The van der Waals surface area contributed by atoms with Gasteiger partial charge in [0.15, 0.2) is 0 Å². The van der Waals surface area contributed by atoms with Crippen LogP contribution in [0.2, 0.25) is 0 Å². The van der Waals surface area contributed by atoms with E-state index in [2.05, 4.69) is 25.2 Å². The van der Waals surface area contributed by atoms with Crippen molar-refractivity contribution < 1.29 is 37.0 Å². The molecule has 0 saturated carbocycles. The van der Waals surface area contributed by atoms with Gasteiger partial charge in [0.25, 0.3) is 0 Å².